The summed E-state index contributed by atoms with van der Waals surface area (Å²) in [5.74, 6) is -1.02. The van der Waals surface area contributed by atoms with Gasteiger partial charge in [-0.25, -0.2) is 0 Å². The molecule has 0 aromatic carbocycles. The second-order valence-corrected chi connectivity index (χ2v) is 4.59. The zero-order valence-electron chi connectivity index (χ0n) is 9.04. The zero-order valence-corrected chi connectivity index (χ0v) is 9.85. The van der Waals surface area contributed by atoms with Crippen LogP contribution in [-0.4, -0.2) is 52.7 Å². The first-order valence-electron chi connectivity index (χ1n) is 5.18. The number of carbonyl (C=O) groups is 2. The highest BCUT2D eigenvalue weighted by Gasteiger charge is 2.27. The summed E-state index contributed by atoms with van der Waals surface area (Å²) >= 11 is 1.28. The monoisotopic (exact) mass is 256 g/mol. The number of aromatic nitrogens is 1. The normalized spacial score (nSPS) is 20.2. The average molecular weight is 256 g/mol. The molecule has 6 nitrogen and oxygen atoms in total. The lowest BCUT2D eigenvalue weighted by Crippen LogP contribution is -2.46. The minimum Gasteiger partial charge on any atom is -0.481 e. The summed E-state index contributed by atoms with van der Waals surface area (Å²) in [4.78, 5) is 28.6. The van der Waals surface area contributed by atoms with Gasteiger partial charge in [0.05, 0.1) is 30.8 Å². The van der Waals surface area contributed by atoms with Crippen LogP contribution < -0.4 is 0 Å². The number of hydrogen-bond donors (Lipinski definition) is 1. The van der Waals surface area contributed by atoms with Crippen LogP contribution in [0.2, 0.25) is 0 Å². The number of morpholine rings is 1. The fourth-order valence-electron chi connectivity index (χ4n) is 1.70. The first kappa shape index (κ1) is 12.0. The van der Waals surface area contributed by atoms with E-state index in [0.29, 0.717) is 24.6 Å². The summed E-state index contributed by atoms with van der Waals surface area (Å²) in [6.07, 6.45) is 1.03. The number of carboxylic acids is 1. The summed E-state index contributed by atoms with van der Waals surface area (Å²) in [6.45, 7) is 1.19. The van der Waals surface area contributed by atoms with E-state index in [0.717, 1.165) is 0 Å². The maximum atomic E-state index is 12.0. The third-order valence-electron chi connectivity index (χ3n) is 2.47. The van der Waals surface area contributed by atoms with Crippen LogP contribution in [0.15, 0.2) is 11.7 Å². The number of amides is 1. The molecule has 0 spiro atoms. The van der Waals surface area contributed by atoms with E-state index < -0.39 is 12.1 Å². The molecular formula is C10H12N2O4S. The number of aliphatic carboxylic acids is 1. The van der Waals surface area contributed by atoms with Crippen molar-refractivity contribution in [1.29, 1.82) is 0 Å². The van der Waals surface area contributed by atoms with Crippen molar-refractivity contribution in [3.05, 3.63) is 16.6 Å². The predicted molar refractivity (Wildman–Crippen MR) is 60.0 cm³/mol. The molecule has 1 aliphatic rings. The quantitative estimate of drug-likeness (QED) is 0.849. The van der Waals surface area contributed by atoms with Crippen molar-refractivity contribution >= 4 is 23.2 Å². The largest absolute Gasteiger partial charge is 0.481 e. The van der Waals surface area contributed by atoms with Gasteiger partial charge in [-0.15, -0.1) is 11.3 Å². The van der Waals surface area contributed by atoms with Crippen LogP contribution in [-0.2, 0) is 9.53 Å². The summed E-state index contributed by atoms with van der Waals surface area (Å²) in [6, 6.07) is 0. The van der Waals surface area contributed by atoms with E-state index >= 15 is 0 Å². The Labute approximate surface area is 102 Å². The van der Waals surface area contributed by atoms with Gasteiger partial charge in [-0.05, 0) is 0 Å². The average Bonchev–Trinajstić information content (AvgIpc) is 2.81. The van der Waals surface area contributed by atoms with Crippen molar-refractivity contribution in [1.82, 2.24) is 9.88 Å². The summed E-state index contributed by atoms with van der Waals surface area (Å²) in [5, 5.41) is 8.68. The van der Waals surface area contributed by atoms with Crippen LogP contribution >= 0.6 is 11.3 Å². The maximum Gasteiger partial charge on any atom is 0.306 e. The van der Waals surface area contributed by atoms with E-state index in [-0.39, 0.29) is 12.3 Å². The standard InChI is InChI=1S/C10H12N2O4S/c13-9(14)3-7-5-12(1-2-16-7)10(15)8-4-11-6-17-8/h4,6-7H,1-3,5H2,(H,13,14). The highest BCUT2D eigenvalue weighted by atomic mass is 32.1. The summed E-state index contributed by atoms with van der Waals surface area (Å²) in [7, 11) is 0. The lowest BCUT2D eigenvalue weighted by Gasteiger charge is -2.31. The van der Waals surface area contributed by atoms with Crippen molar-refractivity contribution in [2.45, 2.75) is 12.5 Å². The molecule has 1 atom stereocenters. The Bertz CT molecular complexity index is 406. The Morgan fingerprint density at radius 2 is 2.47 bits per heavy atom. The molecule has 2 rings (SSSR count). The Balaban J connectivity index is 1.97. The van der Waals surface area contributed by atoms with Gasteiger partial charge < -0.3 is 14.7 Å². The topological polar surface area (TPSA) is 79.7 Å². The van der Waals surface area contributed by atoms with E-state index in [9.17, 15) is 9.59 Å². The molecule has 1 amide bonds. The highest BCUT2D eigenvalue weighted by molar-refractivity contribution is 7.11. The second kappa shape index (κ2) is 5.24. The van der Waals surface area contributed by atoms with E-state index in [2.05, 4.69) is 4.98 Å². The van der Waals surface area contributed by atoms with E-state index in [1.165, 1.54) is 17.5 Å². The van der Waals surface area contributed by atoms with E-state index in [4.69, 9.17) is 9.84 Å². The third kappa shape index (κ3) is 3.01. The minimum absolute atomic E-state index is 0.0769. The SMILES string of the molecule is O=C(O)CC1CN(C(=O)c2cncs2)CCO1. The fraction of sp³-hybridized carbons (Fsp3) is 0.500. The van der Waals surface area contributed by atoms with Crippen molar-refractivity contribution in [3.8, 4) is 0 Å². The molecule has 0 bridgehead atoms. The molecule has 1 saturated heterocycles. The van der Waals surface area contributed by atoms with Gasteiger partial charge in [-0.1, -0.05) is 0 Å². The van der Waals surface area contributed by atoms with Crippen molar-refractivity contribution in [2.24, 2.45) is 0 Å². The zero-order chi connectivity index (χ0) is 12.3. The van der Waals surface area contributed by atoms with E-state index in [1.54, 1.807) is 10.4 Å². The van der Waals surface area contributed by atoms with Gasteiger partial charge >= 0.3 is 5.97 Å². The molecule has 92 valence electrons. The van der Waals surface area contributed by atoms with Gasteiger partial charge in [-0.2, -0.15) is 0 Å². The van der Waals surface area contributed by atoms with Gasteiger partial charge in [0.2, 0.25) is 0 Å². The molecule has 1 fully saturated rings. The number of ether oxygens (including phenoxy) is 1. The van der Waals surface area contributed by atoms with Gasteiger partial charge in [-0.3, -0.25) is 14.6 Å². The molecule has 1 aromatic heterocycles. The molecule has 1 N–H and O–H groups in total. The van der Waals surface area contributed by atoms with Crippen molar-refractivity contribution in [3.63, 3.8) is 0 Å². The fourth-order valence-corrected chi connectivity index (χ4v) is 2.29. The van der Waals surface area contributed by atoms with E-state index in [1.807, 2.05) is 0 Å². The molecule has 0 saturated carbocycles. The number of nitrogens with zero attached hydrogens (tertiary/aromatic N) is 2. The van der Waals surface area contributed by atoms with Crippen LogP contribution in [0.25, 0.3) is 0 Å². The Morgan fingerprint density at radius 1 is 1.65 bits per heavy atom. The molecule has 0 aliphatic carbocycles. The number of thiazole rings is 1. The van der Waals surface area contributed by atoms with Crippen LogP contribution in [0.4, 0.5) is 0 Å². The van der Waals surface area contributed by atoms with Crippen molar-refractivity contribution < 1.29 is 19.4 Å². The lowest BCUT2D eigenvalue weighted by atomic mass is 10.2. The number of carboxylic acid groups (broad SMARTS) is 1. The minimum atomic E-state index is -0.915. The Kier molecular flexibility index (Phi) is 3.70. The van der Waals surface area contributed by atoms with Gasteiger partial charge in [0.1, 0.15) is 4.88 Å². The molecule has 1 unspecified atom stereocenters. The molecular weight excluding hydrogens is 244 g/mol. The third-order valence-corrected chi connectivity index (χ3v) is 3.23. The van der Waals surface area contributed by atoms with Gasteiger partial charge in [0.25, 0.3) is 5.91 Å². The number of carbonyl (C=O) groups excluding carboxylic acids is 1. The molecule has 1 aromatic rings. The predicted octanol–water partition coefficient (Wildman–Crippen LogP) is 0.459. The summed E-state index contributed by atoms with van der Waals surface area (Å²) in [5.41, 5.74) is 1.60. The smallest absolute Gasteiger partial charge is 0.306 e. The van der Waals surface area contributed by atoms with Gasteiger partial charge in [0, 0.05) is 13.1 Å². The van der Waals surface area contributed by atoms with Gasteiger partial charge in [0.15, 0.2) is 0 Å². The molecule has 17 heavy (non-hydrogen) atoms. The Hall–Kier alpha value is -1.47. The summed E-state index contributed by atoms with van der Waals surface area (Å²) < 4.78 is 5.30. The van der Waals surface area contributed by atoms with Crippen LogP contribution in [0, 0.1) is 0 Å². The van der Waals surface area contributed by atoms with Crippen molar-refractivity contribution in [2.75, 3.05) is 19.7 Å². The molecule has 7 heteroatoms. The number of rotatable bonds is 3. The maximum absolute atomic E-state index is 12.0. The van der Waals surface area contributed by atoms with Crippen LogP contribution in [0.1, 0.15) is 16.1 Å². The second-order valence-electron chi connectivity index (χ2n) is 3.71. The molecule has 0 radical (unpaired) electrons. The Morgan fingerprint density at radius 3 is 3.12 bits per heavy atom. The highest BCUT2D eigenvalue weighted by Crippen LogP contribution is 2.14. The first-order valence-corrected chi connectivity index (χ1v) is 6.06. The molecule has 2 heterocycles. The number of hydrogen-bond acceptors (Lipinski definition) is 5. The lowest BCUT2D eigenvalue weighted by molar-refractivity contribution is -0.141. The molecule has 1 aliphatic heterocycles. The first-order chi connectivity index (χ1) is 8.16. The van der Waals surface area contributed by atoms with Crippen LogP contribution in [0.5, 0.6) is 0 Å². The van der Waals surface area contributed by atoms with Crippen LogP contribution in [0.3, 0.4) is 0 Å².